The average Bonchev–Trinajstić information content (AvgIpc) is 2.07. The molecule has 0 amide bonds. The maximum absolute atomic E-state index is 11.7. The molecule has 0 aliphatic carbocycles. The van der Waals surface area contributed by atoms with Crippen LogP contribution in [-0.4, -0.2) is 40.8 Å². The van der Waals surface area contributed by atoms with E-state index in [-0.39, 0.29) is 25.0 Å². The molecule has 7 heteroatoms. The summed E-state index contributed by atoms with van der Waals surface area (Å²) in [4.78, 5) is 23.4. The van der Waals surface area contributed by atoms with Crippen LogP contribution in [0.1, 0.15) is 26.7 Å². The van der Waals surface area contributed by atoms with Gasteiger partial charge < -0.3 is 13.6 Å². The minimum atomic E-state index is -1.69. The zero-order valence-electron chi connectivity index (χ0n) is 14.6. The van der Waals surface area contributed by atoms with E-state index in [9.17, 15) is 9.59 Å². The van der Waals surface area contributed by atoms with Crippen molar-refractivity contribution in [1.82, 2.24) is 0 Å². The smallest absolute Gasteiger partial charge is 0.316 e. The molecule has 0 aliphatic heterocycles. The maximum atomic E-state index is 11.7. The lowest BCUT2D eigenvalue weighted by Gasteiger charge is -2.23. The van der Waals surface area contributed by atoms with Gasteiger partial charge >= 0.3 is 11.9 Å². The summed E-state index contributed by atoms with van der Waals surface area (Å²) in [5, 5.41) is 0. The first kappa shape index (κ1) is 20.5. The van der Waals surface area contributed by atoms with Gasteiger partial charge in [0, 0.05) is 0 Å². The summed E-state index contributed by atoms with van der Waals surface area (Å²) in [6, 6.07) is 0. The highest BCUT2D eigenvalue weighted by molar-refractivity contribution is 6.70. The number of esters is 2. The molecule has 0 aliphatic rings. The first-order chi connectivity index (χ1) is 9.28. The quantitative estimate of drug-likeness (QED) is 0.387. The van der Waals surface area contributed by atoms with Crippen molar-refractivity contribution in [1.29, 1.82) is 0 Å². The van der Waals surface area contributed by atoms with Gasteiger partial charge in [-0.25, -0.2) is 0 Å². The van der Waals surface area contributed by atoms with E-state index in [1.165, 1.54) is 0 Å². The van der Waals surface area contributed by atoms with Gasteiger partial charge in [-0.15, -0.1) is 0 Å². The molecule has 0 aromatic carbocycles. The third kappa shape index (κ3) is 12.9. The molecule has 0 fully saturated rings. The van der Waals surface area contributed by atoms with Gasteiger partial charge in [-0.2, -0.15) is 0 Å². The van der Waals surface area contributed by atoms with Crippen molar-refractivity contribution in [3.8, 4) is 0 Å². The normalized spacial score (nSPS) is 15.4. The van der Waals surface area contributed by atoms with Gasteiger partial charge in [0.1, 0.15) is 0 Å². The highest BCUT2D eigenvalue weighted by Gasteiger charge is 2.24. The number of ether oxygens (including phenoxy) is 1. The lowest BCUT2D eigenvalue weighted by molar-refractivity contribution is -0.161. The van der Waals surface area contributed by atoms with Gasteiger partial charge in [-0.05, 0) is 53.1 Å². The molecule has 0 spiro atoms. The first-order valence-corrected chi connectivity index (χ1v) is 14.2. The molecular weight excluding hydrogens is 304 g/mol. The van der Waals surface area contributed by atoms with Crippen LogP contribution in [0.2, 0.25) is 39.3 Å². The van der Waals surface area contributed by atoms with Crippen LogP contribution < -0.4 is 0 Å². The van der Waals surface area contributed by atoms with Crippen molar-refractivity contribution in [2.24, 2.45) is 0 Å². The third-order valence-corrected chi connectivity index (χ3v) is 4.46. The second-order valence-electron chi connectivity index (χ2n) is 7.34. The molecule has 0 rings (SSSR count). The molecule has 0 saturated heterocycles. The zero-order chi connectivity index (χ0) is 16.8. The summed E-state index contributed by atoms with van der Waals surface area (Å²) in [5.74, 6) is -1.07. The standard InChI is InChI=1S/C14H30O5Si2/c1-11(18-20(3,4)5)9-13(15)17-14(16)10-12(2)19-21(6,7)8/h11-12H,9-10H2,1-8H3. The molecule has 0 aromatic rings. The zero-order valence-corrected chi connectivity index (χ0v) is 16.6. The fraction of sp³-hybridized carbons (Fsp3) is 0.857. The van der Waals surface area contributed by atoms with Crippen LogP contribution in [0.5, 0.6) is 0 Å². The van der Waals surface area contributed by atoms with Crippen molar-refractivity contribution in [3.05, 3.63) is 0 Å². The molecule has 0 bridgehead atoms. The Morgan fingerprint density at radius 1 is 0.762 bits per heavy atom. The van der Waals surface area contributed by atoms with Gasteiger partial charge in [0.05, 0.1) is 25.0 Å². The van der Waals surface area contributed by atoms with Crippen molar-refractivity contribution in [2.75, 3.05) is 0 Å². The molecule has 0 heterocycles. The summed E-state index contributed by atoms with van der Waals surface area (Å²) in [6.07, 6.45) is -0.265. The minimum absolute atomic E-state index is 0.0965. The topological polar surface area (TPSA) is 61.8 Å². The molecular formula is C14H30O5Si2. The Labute approximate surface area is 130 Å². The number of carbonyl (C=O) groups is 2. The largest absolute Gasteiger partial charge is 0.414 e. The second-order valence-corrected chi connectivity index (χ2v) is 16.3. The van der Waals surface area contributed by atoms with Crippen molar-refractivity contribution in [2.45, 2.75) is 78.2 Å². The molecule has 0 radical (unpaired) electrons. The van der Waals surface area contributed by atoms with Crippen molar-refractivity contribution < 1.29 is 23.2 Å². The predicted molar refractivity (Wildman–Crippen MR) is 88.1 cm³/mol. The van der Waals surface area contributed by atoms with Crippen molar-refractivity contribution >= 4 is 28.6 Å². The Kier molecular flexibility index (Phi) is 8.01. The highest BCUT2D eigenvalue weighted by atomic mass is 28.4. The lowest BCUT2D eigenvalue weighted by Crippen LogP contribution is -2.33. The highest BCUT2D eigenvalue weighted by Crippen LogP contribution is 2.12. The summed E-state index contributed by atoms with van der Waals surface area (Å²) < 4.78 is 16.3. The third-order valence-electron chi connectivity index (χ3n) is 2.25. The average molecular weight is 335 g/mol. The summed E-state index contributed by atoms with van der Waals surface area (Å²) >= 11 is 0. The molecule has 21 heavy (non-hydrogen) atoms. The SMILES string of the molecule is CC(CC(=O)OC(=O)CC(C)O[Si](C)(C)C)O[Si](C)(C)C. The van der Waals surface area contributed by atoms with Crippen LogP contribution in [0.3, 0.4) is 0 Å². The number of rotatable bonds is 8. The Balaban J connectivity index is 4.13. The molecule has 5 nitrogen and oxygen atoms in total. The van der Waals surface area contributed by atoms with Gasteiger partial charge in [0.25, 0.3) is 0 Å². The Hall–Kier alpha value is -0.506. The summed E-state index contributed by atoms with van der Waals surface area (Å²) in [5.41, 5.74) is 0. The van der Waals surface area contributed by atoms with Crippen LogP contribution in [0.25, 0.3) is 0 Å². The van der Waals surface area contributed by atoms with Crippen molar-refractivity contribution in [3.63, 3.8) is 0 Å². The van der Waals surface area contributed by atoms with Gasteiger partial charge in [-0.1, -0.05) is 0 Å². The van der Waals surface area contributed by atoms with E-state index in [1.54, 1.807) is 0 Å². The van der Waals surface area contributed by atoms with Gasteiger partial charge in [0.2, 0.25) is 0 Å². The fourth-order valence-electron chi connectivity index (χ4n) is 1.97. The van der Waals surface area contributed by atoms with E-state index in [2.05, 4.69) is 39.3 Å². The minimum Gasteiger partial charge on any atom is -0.414 e. The molecule has 0 saturated carbocycles. The van der Waals surface area contributed by atoms with Crippen LogP contribution in [-0.2, 0) is 23.2 Å². The second kappa shape index (κ2) is 8.21. The fourth-order valence-corrected chi connectivity index (χ4v) is 4.55. The van der Waals surface area contributed by atoms with E-state index in [4.69, 9.17) is 13.6 Å². The molecule has 124 valence electrons. The summed E-state index contributed by atoms with van der Waals surface area (Å²) in [7, 11) is -3.38. The van der Waals surface area contributed by atoms with E-state index >= 15 is 0 Å². The molecule has 0 aromatic heterocycles. The molecule has 2 atom stereocenters. The summed E-state index contributed by atoms with van der Waals surface area (Å²) in [6.45, 7) is 15.9. The monoisotopic (exact) mass is 334 g/mol. The maximum Gasteiger partial charge on any atom is 0.316 e. The predicted octanol–water partition coefficient (Wildman–Crippen LogP) is 3.32. The van der Waals surface area contributed by atoms with Crippen LogP contribution in [0, 0.1) is 0 Å². The van der Waals surface area contributed by atoms with E-state index in [1.807, 2.05) is 13.8 Å². The van der Waals surface area contributed by atoms with Crippen LogP contribution in [0.4, 0.5) is 0 Å². The Bertz CT molecular complexity index is 323. The number of hydrogen-bond acceptors (Lipinski definition) is 5. The van der Waals surface area contributed by atoms with Crippen LogP contribution in [0.15, 0.2) is 0 Å². The first-order valence-electron chi connectivity index (χ1n) is 7.37. The van der Waals surface area contributed by atoms with Crippen LogP contribution >= 0.6 is 0 Å². The van der Waals surface area contributed by atoms with E-state index in [0.717, 1.165) is 0 Å². The Morgan fingerprint density at radius 2 is 1.05 bits per heavy atom. The number of hydrogen-bond donors (Lipinski definition) is 0. The van der Waals surface area contributed by atoms with Gasteiger partial charge in [0.15, 0.2) is 16.6 Å². The van der Waals surface area contributed by atoms with E-state index < -0.39 is 28.6 Å². The van der Waals surface area contributed by atoms with Gasteiger partial charge in [-0.3, -0.25) is 9.59 Å². The number of carbonyl (C=O) groups excluding carboxylic acids is 2. The lowest BCUT2D eigenvalue weighted by atomic mass is 10.3. The Morgan fingerprint density at radius 3 is 1.29 bits per heavy atom. The molecule has 0 N–H and O–H groups in total. The van der Waals surface area contributed by atoms with E-state index in [0.29, 0.717) is 0 Å². The molecule has 2 unspecified atom stereocenters.